The Morgan fingerprint density at radius 3 is 2.17 bits per heavy atom. The van der Waals surface area contributed by atoms with Gasteiger partial charge < -0.3 is 27.0 Å². The van der Waals surface area contributed by atoms with Crippen LogP contribution in [0.5, 0.6) is 0 Å². The number of carboxylic acids is 1. The zero-order valence-electron chi connectivity index (χ0n) is 19.4. The first-order valence-electron chi connectivity index (χ1n) is 10.7. The molecule has 0 amide bonds. The number of aliphatic carboxylic acids is 1. The van der Waals surface area contributed by atoms with Crippen LogP contribution in [-0.2, 0) is 24.2 Å². The monoisotopic (exact) mass is 526 g/mol. The topological polar surface area (TPSA) is 188 Å². The lowest BCUT2D eigenvalue weighted by Crippen LogP contribution is -2.45. The maximum absolute atomic E-state index is 13.9. The molecule has 36 heavy (non-hydrogen) atoms. The van der Waals surface area contributed by atoms with Gasteiger partial charge in [0.1, 0.15) is 18.9 Å². The third-order valence-corrected chi connectivity index (χ3v) is 6.22. The SMILES string of the molecule is CS(=O)(=O)c1ccc(/C(COC(=O)C(N)CCCNC(N)N)=C(/C(=O)O)c2ccc(F)c(F)c2)cc1. The van der Waals surface area contributed by atoms with Crippen molar-refractivity contribution in [2.75, 3.05) is 19.4 Å². The summed E-state index contributed by atoms with van der Waals surface area (Å²) in [5.41, 5.74) is 16.0. The van der Waals surface area contributed by atoms with Crippen LogP contribution in [0.25, 0.3) is 11.1 Å². The van der Waals surface area contributed by atoms with E-state index in [-0.39, 0.29) is 28.0 Å². The number of rotatable bonds is 12. The first-order valence-corrected chi connectivity index (χ1v) is 12.6. The van der Waals surface area contributed by atoms with Crippen molar-refractivity contribution in [3.05, 3.63) is 65.2 Å². The predicted molar refractivity (Wildman–Crippen MR) is 129 cm³/mol. The van der Waals surface area contributed by atoms with Gasteiger partial charge >= 0.3 is 11.9 Å². The standard InChI is InChI=1S/C23H28F2N4O6S/c1-36(33,34)15-7-4-13(5-8-15)16(12-35-22(32)19(26)3-2-10-29-23(27)28)20(21(30)31)14-6-9-17(24)18(25)11-14/h4-9,11,19,23,29H,2-3,10,12,26-28H2,1H3,(H,30,31)/b20-16+. The number of halogens is 2. The van der Waals surface area contributed by atoms with Crippen molar-refractivity contribution >= 4 is 32.9 Å². The van der Waals surface area contributed by atoms with E-state index in [4.69, 9.17) is 21.9 Å². The summed E-state index contributed by atoms with van der Waals surface area (Å²) in [6, 6.07) is 6.64. The number of benzene rings is 2. The summed E-state index contributed by atoms with van der Waals surface area (Å²) >= 11 is 0. The van der Waals surface area contributed by atoms with Crippen LogP contribution in [0.3, 0.4) is 0 Å². The normalized spacial score (nSPS) is 13.3. The molecule has 0 aliphatic carbocycles. The summed E-state index contributed by atoms with van der Waals surface area (Å²) in [4.78, 5) is 24.6. The van der Waals surface area contributed by atoms with Crippen LogP contribution >= 0.6 is 0 Å². The van der Waals surface area contributed by atoms with E-state index < -0.39 is 57.9 Å². The molecule has 0 radical (unpaired) electrons. The van der Waals surface area contributed by atoms with Crippen molar-refractivity contribution in [3.8, 4) is 0 Å². The van der Waals surface area contributed by atoms with Crippen molar-refractivity contribution in [2.45, 2.75) is 30.1 Å². The smallest absolute Gasteiger partial charge is 0.336 e. The summed E-state index contributed by atoms with van der Waals surface area (Å²) in [7, 11) is -3.54. The molecule has 10 nitrogen and oxygen atoms in total. The average molecular weight is 527 g/mol. The number of sulfone groups is 1. The van der Waals surface area contributed by atoms with Gasteiger partial charge in [-0.3, -0.25) is 10.1 Å². The highest BCUT2D eigenvalue weighted by molar-refractivity contribution is 7.90. The van der Waals surface area contributed by atoms with Gasteiger partial charge in [-0.1, -0.05) is 18.2 Å². The summed E-state index contributed by atoms with van der Waals surface area (Å²) in [6.07, 6.45) is 0.949. The summed E-state index contributed by atoms with van der Waals surface area (Å²) in [5, 5.41) is 12.7. The van der Waals surface area contributed by atoms with E-state index >= 15 is 0 Å². The molecule has 0 aliphatic heterocycles. The Morgan fingerprint density at radius 1 is 1.03 bits per heavy atom. The fourth-order valence-corrected chi connectivity index (χ4v) is 3.87. The van der Waals surface area contributed by atoms with E-state index in [2.05, 4.69) is 5.32 Å². The molecular formula is C23H28F2N4O6S. The van der Waals surface area contributed by atoms with Crippen LogP contribution in [-0.4, -0.2) is 57.2 Å². The molecule has 0 aliphatic rings. The Labute approximate surface area is 207 Å². The van der Waals surface area contributed by atoms with Crippen molar-refractivity contribution in [2.24, 2.45) is 17.2 Å². The lowest BCUT2D eigenvalue weighted by Gasteiger charge is -2.17. The predicted octanol–water partition coefficient (Wildman–Crippen LogP) is 0.805. The molecule has 2 aromatic rings. The molecule has 0 spiro atoms. The highest BCUT2D eigenvalue weighted by Crippen LogP contribution is 2.29. The minimum Gasteiger partial charge on any atom is -0.478 e. The van der Waals surface area contributed by atoms with Gasteiger partial charge in [0.15, 0.2) is 21.5 Å². The molecule has 2 rings (SSSR count). The van der Waals surface area contributed by atoms with E-state index in [0.29, 0.717) is 19.0 Å². The Balaban J connectivity index is 2.42. The number of carbonyl (C=O) groups excluding carboxylic acids is 1. The number of carbonyl (C=O) groups is 2. The lowest BCUT2D eigenvalue weighted by atomic mass is 9.95. The fourth-order valence-electron chi connectivity index (χ4n) is 3.24. The third kappa shape index (κ3) is 8.17. The second kappa shape index (κ2) is 12.6. The van der Waals surface area contributed by atoms with Crippen LogP contribution < -0.4 is 22.5 Å². The van der Waals surface area contributed by atoms with Gasteiger partial charge in [0.05, 0.1) is 10.5 Å². The minimum atomic E-state index is -3.54. The molecule has 1 atom stereocenters. The van der Waals surface area contributed by atoms with E-state index in [1.54, 1.807) is 0 Å². The van der Waals surface area contributed by atoms with Crippen molar-refractivity contribution < 1.29 is 36.6 Å². The molecule has 0 saturated carbocycles. The van der Waals surface area contributed by atoms with Crippen LogP contribution in [0, 0.1) is 11.6 Å². The van der Waals surface area contributed by atoms with Crippen LogP contribution in [0.2, 0.25) is 0 Å². The number of nitrogens with two attached hydrogens (primary N) is 3. The third-order valence-electron chi connectivity index (χ3n) is 5.09. The van der Waals surface area contributed by atoms with Gasteiger partial charge in [0.2, 0.25) is 0 Å². The fraction of sp³-hybridized carbons (Fsp3) is 0.304. The van der Waals surface area contributed by atoms with Gasteiger partial charge in [0, 0.05) is 11.8 Å². The summed E-state index contributed by atoms with van der Waals surface area (Å²) < 4.78 is 56.2. The average Bonchev–Trinajstić information content (AvgIpc) is 2.80. The van der Waals surface area contributed by atoms with Gasteiger partial charge in [-0.2, -0.15) is 0 Å². The highest BCUT2D eigenvalue weighted by atomic mass is 32.2. The molecule has 13 heteroatoms. The number of hydrogen-bond donors (Lipinski definition) is 5. The Morgan fingerprint density at radius 2 is 1.64 bits per heavy atom. The number of esters is 1. The van der Waals surface area contributed by atoms with Gasteiger partial charge in [-0.25, -0.2) is 22.0 Å². The van der Waals surface area contributed by atoms with Crippen LogP contribution in [0.15, 0.2) is 47.4 Å². The van der Waals surface area contributed by atoms with Crippen molar-refractivity contribution in [1.29, 1.82) is 0 Å². The zero-order chi connectivity index (χ0) is 27.0. The Kier molecular flexibility index (Phi) is 10.2. The van der Waals surface area contributed by atoms with E-state index in [9.17, 15) is 31.9 Å². The number of carboxylic acid groups (broad SMARTS) is 1. The van der Waals surface area contributed by atoms with Gasteiger partial charge in [0.25, 0.3) is 0 Å². The lowest BCUT2D eigenvalue weighted by molar-refractivity contribution is -0.144. The first kappa shape index (κ1) is 29.0. The number of ether oxygens (including phenoxy) is 1. The second-order valence-corrected chi connectivity index (χ2v) is 9.94. The maximum Gasteiger partial charge on any atom is 0.336 e. The molecule has 0 bridgehead atoms. The quantitative estimate of drug-likeness (QED) is 0.0870. The zero-order valence-corrected chi connectivity index (χ0v) is 20.2. The minimum absolute atomic E-state index is 0.0277. The second-order valence-electron chi connectivity index (χ2n) is 7.92. The van der Waals surface area contributed by atoms with Crippen molar-refractivity contribution in [1.82, 2.24) is 5.32 Å². The molecule has 2 aromatic carbocycles. The molecular weight excluding hydrogens is 498 g/mol. The molecule has 0 fully saturated rings. The van der Waals surface area contributed by atoms with E-state index in [1.165, 1.54) is 24.3 Å². The van der Waals surface area contributed by atoms with E-state index in [1.807, 2.05) is 0 Å². The van der Waals surface area contributed by atoms with Crippen LogP contribution in [0.1, 0.15) is 24.0 Å². The number of hydrogen-bond acceptors (Lipinski definition) is 9. The van der Waals surface area contributed by atoms with Crippen LogP contribution in [0.4, 0.5) is 8.78 Å². The van der Waals surface area contributed by atoms with Gasteiger partial charge in [-0.05, 0) is 54.8 Å². The number of nitrogens with one attached hydrogen (secondary N) is 1. The first-order chi connectivity index (χ1) is 16.8. The molecule has 196 valence electrons. The molecule has 0 heterocycles. The largest absolute Gasteiger partial charge is 0.478 e. The maximum atomic E-state index is 13.9. The molecule has 1 unspecified atom stereocenters. The Bertz CT molecular complexity index is 1230. The molecule has 8 N–H and O–H groups in total. The van der Waals surface area contributed by atoms with Gasteiger partial charge in [-0.15, -0.1) is 0 Å². The summed E-state index contributed by atoms with van der Waals surface area (Å²) in [6.45, 7) is -0.187. The van der Waals surface area contributed by atoms with Crippen molar-refractivity contribution in [3.63, 3.8) is 0 Å². The summed E-state index contributed by atoms with van der Waals surface area (Å²) in [5.74, 6) is -4.78. The highest BCUT2D eigenvalue weighted by Gasteiger charge is 2.23. The Hall–Kier alpha value is -3.23. The molecule has 0 aromatic heterocycles. The molecule has 0 saturated heterocycles. The van der Waals surface area contributed by atoms with E-state index in [0.717, 1.165) is 18.4 Å².